The number of aryl methyl sites for hydroxylation is 2. The van der Waals surface area contributed by atoms with Gasteiger partial charge in [-0.2, -0.15) is 0 Å². The summed E-state index contributed by atoms with van der Waals surface area (Å²) in [7, 11) is 0. The molecule has 0 radical (unpaired) electrons. The van der Waals surface area contributed by atoms with Crippen LogP contribution in [0.15, 0.2) is 48.5 Å². The van der Waals surface area contributed by atoms with E-state index in [1.165, 1.54) is 0 Å². The summed E-state index contributed by atoms with van der Waals surface area (Å²) in [6.45, 7) is 7.87. The Labute approximate surface area is 203 Å². The van der Waals surface area contributed by atoms with E-state index in [9.17, 15) is 14.4 Å². The van der Waals surface area contributed by atoms with Crippen molar-refractivity contribution >= 4 is 17.7 Å². The smallest absolute Gasteiger partial charge is 0.325 e. The van der Waals surface area contributed by atoms with E-state index >= 15 is 0 Å². The van der Waals surface area contributed by atoms with Crippen LogP contribution in [-0.4, -0.2) is 40.5 Å². The molecule has 180 valence electrons. The lowest BCUT2D eigenvalue weighted by atomic mass is 9.91. The molecular formula is C27H27N3O5. The van der Waals surface area contributed by atoms with E-state index < -0.39 is 17.5 Å². The summed E-state index contributed by atoms with van der Waals surface area (Å²) in [5.74, 6) is 0.703. The first-order valence-electron chi connectivity index (χ1n) is 11.5. The third-order valence-electron chi connectivity index (χ3n) is 6.86. The highest BCUT2D eigenvalue weighted by atomic mass is 16.7. The monoisotopic (exact) mass is 473 g/mol. The van der Waals surface area contributed by atoms with Crippen LogP contribution in [0.5, 0.6) is 11.5 Å². The molecule has 1 fully saturated rings. The maximum atomic E-state index is 13.3. The number of urea groups is 1. The van der Waals surface area contributed by atoms with Crippen molar-refractivity contribution in [1.82, 2.24) is 14.8 Å². The van der Waals surface area contributed by atoms with Gasteiger partial charge in [-0.05, 0) is 57.0 Å². The number of benzene rings is 2. The summed E-state index contributed by atoms with van der Waals surface area (Å²) in [5.41, 5.74) is 3.71. The van der Waals surface area contributed by atoms with Crippen molar-refractivity contribution in [3.05, 3.63) is 82.2 Å². The van der Waals surface area contributed by atoms with E-state index in [0.29, 0.717) is 23.4 Å². The van der Waals surface area contributed by atoms with Crippen LogP contribution in [0.4, 0.5) is 4.79 Å². The second-order valence-corrected chi connectivity index (χ2v) is 9.29. The number of ketones is 1. The van der Waals surface area contributed by atoms with Crippen LogP contribution >= 0.6 is 0 Å². The van der Waals surface area contributed by atoms with Gasteiger partial charge in [-0.15, -0.1) is 0 Å². The lowest BCUT2D eigenvalue weighted by Gasteiger charge is -2.22. The number of nitrogens with one attached hydrogen (secondary N) is 1. The fourth-order valence-electron chi connectivity index (χ4n) is 4.70. The van der Waals surface area contributed by atoms with Crippen molar-refractivity contribution in [2.24, 2.45) is 0 Å². The summed E-state index contributed by atoms with van der Waals surface area (Å²) in [5, 5.41) is 2.76. The average Bonchev–Trinajstić information content (AvgIpc) is 3.47. The summed E-state index contributed by atoms with van der Waals surface area (Å²) in [6, 6.07) is 14.4. The number of imide groups is 1. The van der Waals surface area contributed by atoms with Crippen molar-refractivity contribution in [1.29, 1.82) is 0 Å². The molecule has 1 aromatic heterocycles. The minimum atomic E-state index is -1.21. The van der Waals surface area contributed by atoms with E-state index in [-0.39, 0.29) is 19.1 Å². The average molecular weight is 474 g/mol. The molecule has 3 amide bonds. The Bertz CT molecular complexity index is 1360. The first-order valence-corrected chi connectivity index (χ1v) is 11.5. The van der Waals surface area contributed by atoms with Gasteiger partial charge in [-0.25, -0.2) is 4.79 Å². The summed E-state index contributed by atoms with van der Waals surface area (Å²) in [4.78, 5) is 40.2. The van der Waals surface area contributed by atoms with Gasteiger partial charge in [-0.3, -0.25) is 14.5 Å². The van der Waals surface area contributed by atoms with Gasteiger partial charge in [0.2, 0.25) is 6.79 Å². The predicted molar refractivity (Wildman–Crippen MR) is 129 cm³/mol. The Hall–Kier alpha value is -4.07. The third-order valence-corrected chi connectivity index (χ3v) is 6.86. The van der Waals surface area contributed by atoms with E-state index in [1.54, 1.807) is 6.92 Å². The molecule has 1 saturated heterocycles. The largest absolute Gasteiger partial charge is 0.454 e. The number of ether oxygens (including phenoxy) is 2. The van der Waals surface area contributed by atoms with Crippen molar-refractivity contribution < 1.29 is 23.9 Å². The van der Waals surface area contributed by atoms with Crippen LogP contribution in [0.2, 0.25) is 0 Å². The fraction of sp³-hybridized carbons (Fsp3) is 0.296. The molecule has 5 rings (SSSR count). The van der Waals surface area contributed by atoms with Gasteiger partial charge in [0.05, 0.1) is 6.54 Å². The van der Waals surface area contributed by atoms with Crippen molar-refractivity contribution in [3.63, 3.8) is 0 Å². The minimum absolute atomic E-state index is 0.213. The quantitative estimate of drug-likeness (QED) is 0.434. The van der Waals surface area contributed by atoms with Crippen LogP contribution < -0.4 is 14.8 Å². The number of rotatable bonds is 6. The third kappa shape index (κ3) is 3.84. The Kier molecular flexibility index (Phi) is 5.39. The fourth-order valence-corrected chi connectivity index (χ4v) is 4.70. The maximum absolute atomic E-state index is 13.3. The number of hydrogen-bond donors (Lipinski definition) is 1. The van der Waals surface area contributed by atoms with Crippen LogP contribution in [0.1, 0.15) is 45.4 Å². The Balaban J connectivity index is 1.35. The molecular weight excluding hydrogens is 446 g/mol. The first kappa shape index (κ1) is 22.7. The topological polar surface area (TPSA) is 89.9 Å². The van der Waals surface area contributed by atoms with Gasteiger partial charge in [-0.1, -0.05) is 35.9 Å². The molecule has 8 heteroatoms. The standard InChI is InChI=1S/C27H27N3O5/c1-16-5-8-20(9-6-16)27(4)25(32)30(26(33)28-27)14-22(31)21-11-17(2)29(18(21)3)13-19-7-10-23-24(12-19)35-15-34-23/h5-12H,13-15H2,1-4H3,(H,28,33). The molecule has 35 heavy (non-hydrogen) atoms. The van der Waals surface area contributed by atoms with Gasteiger partial charge in [0.15, 0.2) is 17.3 Å². The molecule has 1 N–H and O–H groups in total. The zero-order valence-corrected chi connectivity index (χ0v) is 20.2. The van der Waals surface area contributed by atoms with Gasteiger partial charge in [0.1, 0.15) is 5.54 Å². The van der Waals surface area contributed by atoms with Gasteiger partial charge in [0, 0.05) is 23.5 Å². The number of Topliss-reactive ketones (excluding diaryl/α,β-unsaturated/α-hetero) is 1. The summed E-state index contributed by atoms with van der Waals surface area (Å²) in [6.07, 6.45) is 0. The zero-order valence-electron chi connectivity index (χ0n) is 20.2. The molecule has 0 saturated carbocycles. The highest BCUT2D eigenvalue weighted by molar-refractivity contribution is 6.11. The van der Waals surface area contributed by atoms with Gasteiger partial charge in [0.25, 0.3) is 5.91 Å². The highest BCUT2D eigenvalue weighted by Gasteiger charge is 2.49. The number of carbonyl (C=O) groups excluding carboxylic acids is 3. The number of nitrogens with zero attached hydrogens (tertiary/aromatic N) is 2. The Morgan fingerprint density at radius 3 is 2.46 bits per heavy atom. The normalized spacial score (nSPS) is 18.8. The number of hydrogen-bond acceptors (Lipinski definition) is 5. The van der Waals surface area contributed by atoms with Crippen LogP contribution in [0.3, 0.4) is 0 Å². The Morgan fingerprint density at radius 1 is 1.00 bits per heavy atom. The molecule has 3 heterocycles. The van der Waals surface area contributed by atoms with E-state index in [4.69, 9.17) is 9.47 Å². The molecule has 2 aromatic carbocycles. The van der Waals surface area contributed by atoms with Crippen LogP contribution in [0.25, 0.3) is 0 Å². The van der Waals surface area contributed by atoms with E-state index in [2.05, 4.69) is 5.32 Å². The first-order chi connectivity index (χ1) is 16.7. The van der Waals surface area contributed by atoms with Crippen LogP contribution in [0, 0.1) is 20.8 Å². The van der Waals surface area contributed by atoms with Crippen molar-refractivity contribution in [2.75, 3.05) is 13.3 Å². The zero-order chi connectivity index (χ0) is 24.9. The molecule has 1 atom stereocenters. The second kappa shape index (κ2) is 8.30. The van der Waals surface area contributed by atoms with E-state index in [0.717, 1.165) is 33.2 Å². The number of fused-ring (bicyclic) bond motifs is 1. The SMILES string of the molecule is Cc1ccc(C2(C)NC(=O)N(CC(=O)c3cc(C)n(Cc4ccc5c(c4)OCO5)c3C)C2=O)cc1. The van der Waals surface area contributed by atoms with Crippen molar-refractivity contribution in [2.45, 2.75) is 39.8 Å². The second-order valence-electron chi connectivity index (χ2n) is 9.29. The maximum Gasteiger partial charge on any atom is 0.325 e. The summed E-state index contributed by atoms with van der Waals surface area (Å²) >= 11 is 0. The molecule has 2 aliphatic heterocycles. The molecule has 0 aliphatic carbocycles. The summed E-state index contributed by atoms with van der Waals surface area (Å²) < 4.78 is 12.9. The predicted octanol–water partition coefficient (Wildman–Crippen LogP) is 3.84. The highest BCUT2D eigenvalue weighted by Crippen LogP contribution is 2.33. The van der Waals surface area contributed by atoms with Gasteiger partial charge < -0.3 is 19.4 Å². The molecule has 0 spiro atoms. The lowest BCUT2D eigenvalue weighted by Crippen LogP contribution is -2.41. The molecule has 2 aliphatic rings. The van der Waals surface area contributed by atoms with E-state index in [1.807, 2.05) is 73.9 Å². The number of carbonyl (C=O) groups is 3. The molecule has 0 bridgehead atoms. The number of amides is 3. The minimum Gasteiger partial charge on any atom is -0.454 e. The molecule has 8 nitrogen and oxygen atoms in total. The van der Waals surface area contributed by atoms with Gasteiger partial charge >= 0.3 is 6.03 Å². The number of aromatic nitrogens is 1. The molecule has 1 unspecified atom stereocenters. The van der Waals surface area contributed by atoms with Crippen LogP contribution in [-0.2, 0) is 16.9 Å². The molecule has 3 aromatic rings. The lowest BCUT2D eigenvalue weighted by molar-refractivity contribution is -0.130. The van der Waals surface area contributed by atoms with Crippen molar-refractivity contribution in [3.8, 4) is 11.5 Å². The Morgan fingerprint density at radius 2 is 1.71 bits per heavy atom.